The SMILES string of the molecule is C=C/N=C(/SC)N(C)C=C. The average Bonchev–Trinajstić information content (AvgIpc) is 1.99. The summed E-state index contributed by atoms with van der Waals surface area (Å²) in [5, 5.41) is 0.894. The molecule has 0 rings (SSSR count). The van der Waals surface area contributed by atoms with Crippen LogP contribution in [-0.4, -0.2) is 23.4 Å². The number of aliphatic imine (C=N–C) groups is 1. The first-order valence-electron chi connectivity index (χ1n) is 2.84. The topological polar surface area (TPSA) is 15.6 Å². The maximum absolute atomic E-state index is 4.01. The largest absolute Gasteiger partial charge is 0.331 e. The van der Waals surface area contributed by atoms with Crippen LogP contribution in [0.15, 0.2) is 30.6 Å². The van der Waals surface area contributed by atoms with Crippen LogP contribution in [0.4, 0.5) is 0 Å². The lowest BCUT2D eigenvalue weighted by atomic mass is 10.8. The Kier molecular flexibility index (Phi) is 4.76. The van der Waals surface area contributed by atoms with Crippen LogP contribution in [0.3, 0.4) is 0 Å². The average molecular weight is 156 g/mol. The molecule has 0 fully saturated rings. The van der Waals surface area contributed by atoms with Gasteiger partial charge >= 0.3 is 0 Å². The highest BCUT2D eigenvalue weighted by atomic mass is 32.2. The molecule has 0 amide bonds. The molecule has 0 bridgehead atoms. The van der Waals surface area contributed by atoms with Crippen LogP contribution >= 0.6 is 11.8 Å². The van der Waals surface area contributed by atoms with Crippen molar-refractivity contribution in [3.05, 3.63) is 25.6 Å². The standard InChI is InChI=1S/C7H12N2S/c1-5-8-7(10-4)9(3)6-2/h5-6H,1-2H2,3-4H3/b8-7+. The van der Waals surface area contributed by atoms with Gasteiger partial charge in [0.1, 0.15) is 0 Å². The lowest BCUT2D eigenvalue weighted by Crippen LogP contribution is -2.16. The molecule has 0 saturated carbocycles. The Balaban J connectivity index is 4.18. The van der Waals surface area contributed by atoms with Gasteiger partial charge in [0.15, 0.2) is 5.17 Å². The summed E-state index contributed by atoms with van der Waals surface area (Å²) >= 11 is 1.56. The zero-order chi connectivity index (χ0) is 7.98. The highest BCUT2D eigenvalue weighted by Gasteiger charge is 1.97. The second kappa shape index (κ2) is 5.11. The van der Waals surface area contributed by atoms with Gasteiger partial charge in [-0.2, -0.15) is 0 Å². The van der Waals surface area contributed by atoms with Crippen molar-refractivity contribution < 1.29 is 0 Å². The molecule has 0 aliphatic carbocycles. The molecule has 2 nitrogen and oxygen atoms in total. The summed E-state index contributed by atoms with van der Waals surface area (Å²) in [6, 6.07) is 0. The van der Waals surface area contributed by atoms with E-state index in [2.05, 4.69) is 18.2 Å². The third-order valence-corrected chi connectivity index (χ3v) is 1.72. The Hall–Kier alpha value is -0.700. The molecule has 0 saturated heterocycles. The minimum Gasteiger partial charge on any atom is -0.331 e. The summed E-state index contributed by atoms with van der Waals surface area (Å²) in [4.78, 5) is 5.85. The fourth-order valence-electron chi connectivity index (χ4n) is 0.444. The Morgan fingerprint density at radius 2 is 2.20 bits per heavy atom. The molecule has 0 spiro atoms. The number of rotatable bonds is 2. The number of thioether (sulfide) groups is 1. The van der Waals surface area contributed by atoms with Crippen LogP contribution in [0.1, 0.15) is 0 Å². The van der Waals surface area contributed by atoms with E-state index in [0.29, 0.717) is 0 Å². The van der Waals surface area contributed by atoms with Crippen molar-refractivity contribution in [2.24, 2.45) is 4.99 Å². The fraction of sp³-hybridized carbons (Fsp3) is 0.286. The normalized spacial score (nSPS) is 10.8. The van der Waals surface area contributed by atoms with E-state index in [4.69, 9.17) is 0 Å². The van der Waals surface area contributed by atoms with Gasteiger partial charge in [0, 0.05) is 13.2 Å². The van der Waals surface area contributed by atoms with E-state index in [0.717, 1.165) is 5.17 Å². The summed E-state index contributed by atoms with van der Waals surface area (Å²) < 4.78 is 0. The van der Waals surface area contributed by atoms with Crippen LogP contribution in [0.5, 0.6) is 0 Å². The van der Waals surface area contributed by atoms with Crippen molar-refractivity contribution in [2.45, 2.75) is 0 Å². The van der Waals surface area contributed by atoms with E-state index < -0.39 is 0 Å². The van der Waals surface area contributed by atoms with E-state index in [1.54, 1.807) is 18.0 Å². The molecule has 0 aliphatic heterocycles. The van der Waals surface area contributed by atoms with E-state index in [-0.39, 0.29) is 0 Å². The van der Waals surface area contributed by atoms with E-state index in [1.165, 1.54) is 6.20 Å². The second-order valence-electron chi connectivity index (χ2n) is 1.59. The highest BCUT2D eigenvalue weighted by molar-refractivity contribution is 8.13. The molecule has 0 radical (unpaired) electrons. The maximum atomic E-state index is 4.01. The predicted octanol–water partition coefficient (Wildman–Crippen LogP) is 1.92. The molecule has 56 valence electrons. The fourth-order valence-corrected chi connectivity index (χ4v) is 0.986. The minimum atomic E-state index is 0.894. The molecule has 0 aromatic heterocycles. The first-order valence-corrected chi connectivity index (χ1v) is 4.06. The monoisotopic (exact) mass is 156 g/mol. The maximum Gasteiger partial charge on any atom is 0.167 e. The molecule has 0 aromatic rings. The zero-order valence-electron chi connectivity index (χ0n) is 6.37. The van der Waals surface area contributed by atoms with Crippen molar-refractivity contribution in [3.63, 3.8) is 0 Å². The number of hydrogen-bond donors (Lipinski definition) is 0. The van der Waals surface area contributed by atoms with Crippen LogP contribution in [0, 0.1) is 0 Å². The Bertz CT molecular complexity index is 152. The van der Waals surface area contributed by atoms with Crippen LogP contribution in [-0.2, 0) is 0 Å². The quantitative estimate of drug-likeness (QED) is 0.448. The summed E-state index contributed by atoms with van der Waals surface area (Å²) in [6.45, 7) is 7.11. The number of amidine groups is 1. The van der Waals surface area contributed by atoms with Crippen molar-refractivity contribution >= 4 is 16.9 Å². The van der Waals surface area contributed by atoms with Gasteiger partial charge in [-0.25, -0.2) is 4.99 Å². The van der Waals surface area contributed by atoms with Gasteiger partial charge in [-0.15, -0.1) is 0 Å². The Labute approximate surface area is 66.3 Å². The lowest BCUT2D eigenvalue weighted by Gasteiger charge is -2.12. The van der Waals surface area contributed by atoms with Crippen molar-refractivity contribution in [3.8, 4) is 0 Å². The molecule has 0 heterocycles. The van der Waals surface area contributed by atoms with Crippen molar-refractivity contribution in [1.82, 2.24) is 4.90 Å². The van der Waals surface area contributed by atoms with Gasteiger partial charge in [0.2, 0.25) is 0 Å². The number of hydrogen-bond acceptors (Lipinski definition) is 2. The first-order chi connectivity index (χ1) is 4.76. The molecule has 0 N–H and O–H groups in total. The predicted molar refractivity (Wildman–Crippen MR) is 49.1 cm³/mol. The first kappa shape index (κ1) is 9.30. The van der Waals surface area contributed by atoms with Crippen LogP contribution in [0.2, 0.25) is 0 Å². The molecular formula is C7H12N2S. The van der Waals surface area contributed by atoms with Crippen molar-refractivity contribution in [2.75, 3.05) is 13.3 Å². The van der Waals surface area contributed by atoms with E-state index in [9.17, 15) is 0 Å². The summed E-state index contributed by atoms with van der Waals surface area (Å²) in [5.41, 5.74) is 0. The van der Waals surface area contributed by atoms with Gasteiger partial charge in [-0.05, 0) is 12.5 Å². The molecule has 0 atom stereocenters. The van der Waals surface area contributed by atoms with Crippen molar-refractivity contribution in [1.29, 1.82) is 0 Å². The number of nitrogens with zero attached hydrogens (tertiary/aromatic N) is 2. The van der Waals surface area contributed by atoms with Gasteiger partial charge in [-0.1, -0.05) is 24.9 Å². The molecule has 3 heteroatoms. The molecule has 0 aliphatic rings. The summed E-state index contributed by atoms with van der Waals surface area (Å²) in [7, 11) is 1.89. The molecule has 10 heavy (non-hydrogen) atoms. The smallest absolute Gasteiger partial charge is 0.167 e. The third-order valence-electron chi connectivity index (χ3n) is 0.960. The second-order valence-corrected chi connectivity index (χ2v) is 2.37. The molecule has 0 unspecified atom stereocenters. The molecule has 0 aromatic carbocycles. The van der Waals surface area contributed by atoms with Gasteiger partial charge in [-0.3, -0.25) is 0 Å². The Morgan fingerprint density at radius 1 is 1.60 bits per heavy atom. The van der Waals surface area contributed by atoms with Gasteiger partial charge in [0.25, 0.3) is 0 Å². The lowest BCUT2D eigenvalue weighted by molar-refractivity contribution is 0.706. The highest BCUT2D eigenvalue weighted by Crippen LogP contribution is 2.02. The van der Waals surface area contributed by atoms with E-state index in [1.807, 2.05) is 18.2 Å². The van der Waals surface area contributed by atoms with Gasteiger partial charge < -0.3 is 4.90 Å². The third kappa shape index (κ3) is 2.73. The van der Waals surface area contributed by atoms with E-state index >= 15 is 0 Å². The Morgan fingerprint density at radius 3 is 2.50 bits per heavy atom. The summed E-state index contributed by atoms with van der Waals surface area (Å²) in [5.74, 6) is 0. The summed E-state index contributed by atoms with van der Waals surface area (Å²) in [6.07, 6.45) is 5.19. The zero-order valence-corrected chi connectivity index (χ0v) is 7.19. The molecular weight excluding hydrogens is 144 g/mol. The van der Waals surface area contributed by atoms with Crippen LogP contribution < -0.4 is 0 Å². The van der Waals surface area contributed by atoms with Gasteiger partial charge in [0.05, 0.1) is 0 Å². The van der Waals surface area contributed by atoms with Crippen LogP contribution in [0.25, 0.3) is 0 Å². The minimum absolute atomic E-state index is 0.894.